The maximum atomic E-state index is 12.5. The number of carboxylic acids is 1. The molecule has 0 radical (unpaired) electrons. The van der Waals surface area contributed by atoms with Gasteiger partial charge in [-0.05, 0) is 37.7 Å². The third-order valence-electron chi connectivity index (χ3n) is 5.18. The second-order valence-corrected chi connectivity index (χ2v) is 7.18. The molecule has 0 atom stereocenters. The van der Waals surface area contributed by atoms with Crippen LogP contribution in [0.1, 0.15) is 36.2 Å². The number of para-hydroxylation sites is 1. The highest BCUT2D eigenvalue weighted by molar-refractivity contribution is 6.04. The molecule has 0 aliphatic heterocycles. The number of aliphatic carboxylic acids is 1. The van der Waals surface area contributed by atoms with Crippen LogP contribution in [0.3, 0.4) is 0 Å². The van der Waals surface area contributed by atoms with Crippen LogP contribution in [0.2, 0.25) is 0 Å². The van der Waals surface area contributed by atoms with Crippen molar-refractivity contribution in [2.24, 2.45) is 5.92 Å². The van der Waals surface area contributed by atoms with Gasteiger partial charge in [0, 0.05) is 24.0 Å². The summed E-state index contributed by atoms with van der Waals surface area (Å²) in [6, 6.07) is 7.88. The summed E-state index contributed by atoms with van der Waals surface area (Å²) in [6.07, 6.45) is 4.01. The summed E-state index contributed by atoms with van der Waals surface area (Å²) in [7, 11) is 0. The summed E-state index contributed by atoms with van der Waals surface area (Å²) in [5.74, 6) is -0.299. The number of benzene rings is 1. The summed E-state index contributed by atoms with van der Waals surface area (Å²) in [5, 5.41) is 19.9. The topological polar surface area (TPSA) is 98.3 Å². The molecule has 7 nitrogen and oxygen atoms in total. The number of hydrogen-bond acceptors (Lipinski definition) is 4. The predicted molar refractivity (Wildman–Crippen MR) is 92.3 cm³/mol. The summed E-state index contributed by atoms with van der Waals surface area (Å²) >= 11 is 0. The van der Waals surface area contributed by atoms with Crippen LogP contribution in [0.25, 0.3) is 10.9 Å². The zero-order valence-corrected chi connectivity index (χ0v) is 13.9. The molecule has 2 saturated carbocycles. The Bertz CT molecular complexity index is 792. The van der Waals surface area contributed by atoms with Gasteiger partial charge >= 0.3 is 5.97 Å². The molecule has 1 heterocycles. The van der Waals surface area contributed by atoms with E-state index in [-0.39, 0.29) is 24.5 Å². The minimum absolute atomic E-state index is 0.0865. The minimum atomic E-state index is -0.781. The average Bonchev–Trinajstić information content (AvgIpc) is 3.24. The number of rotatable bonds is 7. The van der Waals surface area contributed by atoms with Gasteiger partial charge in [0.25, 0.3) is 5.91 Å². The quantitative estimate of drug-likeness (QED) is 0.710. The molecule has 0 unspecified atom stereocenters. The summed E-state index contributed by atoms with van der Waals surface area (Å²) in [6.45, 7) is 0.952. The van der Waals surface area contributed by atoms with Crippen molar-refractivity contribution in [1.82, 2.24) is 20.4 Å². The van der Waals surface area contributed by atoms with Gasteiger partial charge in [0.05, 0.1) is 12.1 Å². The number of carbonyl (C=O) groups is 2. The van der Waals surface area contributed by atoms with E-state index in [1.807, 2.05) is 24.3 Å². The van der Waals surface area contributed by atoms with Crippen LogP contribution in [0.4, 0.5) is 0 Å². The number of carbonyl (C=O) groups excluding carboxylic acids is 1. The molecule has 2 aromatic rings. The Morgan fingerprint density at radius 2 is 2.04 bits per heavy atom. The van der Waals surface area contributed by atoms with Crippen molar-refractivity contribution in [3.63, 3.8) is 0 Å². The summed E-state index contributed by atoms with van der Waals surface area (Å²) in [4.78, 5) is 25.6. The van der Waals surface area contributed by atoms with E-state index >= 15 is 0 Å². The summed E-state index contributed by atoms with van der Waals surface area (Å²) < 4.78 is 0. The molecular weight excluding hydrogens is 320 g/mol. The van der Waals surface area contributed by atoms with Crippen molar-refractivity contribution in [2.75, 3.05) is 13.1 Å². The van der Waals surface area contributed by atoms with Gasteiger partial charge in [-0.3, -0.25) is 19.6 Å². The lowest BCUT2D eigenvalue weighted by Crippen LogP contribution is -2.55. The van der Waals surface area contributed by atoms with E-state index in [0.29, 0.717) is 11.6 Å². The Hall–Kier alpha value is -2.41. The van der Waals surface area contributed by atoms with Gasteiger partial charge < -0.3 is 10.4 Å². The van der Waals surface area contributed by atoms with Gasteiger partial charge in [-0.15, -0.1) is 0 Å². The lowest BCUT2D eigenvalue weighted by atomic mass is 9.85. The highest BCUT2D eigenvalue weighted by Gasteiger charge is 2.38. The van der Waals surface area contributed by atoms with E-state index in [1.54, 1.807) is 0 Å². The standard InChI is InChI=1S/C18H22N4O3/c23-16(24)10-22(9-11-5-6-11)13-7-12(8-13)19-18(25)17-14-3-1-2-4-15(14)20-21-17/h1-4,11-13H,5-10H2,(H,19,25)(H,20,21)(H,23,24). The Labute approximate surface area is 145 Å². The molecule has 7 heteroatoms. The smallest absolute Gasteiger partial charge is 0.317 e. The first kappa shape index (κ1) is 16.1. The largest absolute Gasteiger partial charge is 0.480 e. The molecule has 1 aromatic carbocycles. The van der Waals surface area contributed by atoms with Crippen LogP contribution < -0.4 is 5.32 Å². The Kier molecular flexibility index (Phi) is 4.17. The SMILES string of the molecule is O=C(O)CN(CC1CC1)C1CC(NC(=O)c2n[nH]c3ccccc23)C1. The average molecular weight is 342 g/mol. The number of aromatic nitrogens is 2. The van der Waals surface area contributed by atoms with Gasteiger partial charge in [0.1, 0.15) is 0 Å². The molecule has 25 heavy (non-hydrogen) atoms. The fourth-order valence-corrected chi connectivity index (χ4v) is 3.54. The zero-order chi connectivity index (χ0) is 17.4. The third-order valence-corrected chi connectivity index (χ3v) is 5.18. The lowest BCUT2D eigenvalue weighted by Gasteiger charge is -2.42. The van der Waals surface area contributed by atoms with E-state index in [2.05, 4.69) is 20.4 Å². The van der Waals surface area contributed by atoms with Crippen LogP contribution in [0, 0.1) is 5.92 Å². The molecule has 0 bridgehead atoms. The first-order chi connectivity index (χ1) is 12.1. The maximum absolute atomic E-state index is 12.5. The number of hydrogen-bond donors (Lipinski definition) is 3. The van der Waals surface area contributed by atoms with Crippen LogP contribution in [0.5, 0.6) is 0 Å². The fourth-order valence-electron chi connectivity index (χ4n) is 3.54. The first-order valence-corrected chi connectivity index (χ1v) is 8.80. The van der Waals surface area contributed by atoms with E-state index in [1.165, 1.54) is 12.8 Å². The molecule has 1 amide bonds. The van der Waals surface area contributed by atoms with Crippen molar-refractivity contribution < 1.29 is 14.7 Å². The van der Waals surface area contributed by atoms with Crippen LogP contribution >= 0.6 is 0 Å². The Morgan fingerprint density at radius 1 is 1.28 bits per heavy atom. The van der Waals surface area contributed by atoms with E-state index in [9.17, 15) is 9.59 Å². The maximum Gasteiger partial charge on any atom is 0.317 e. The number of nitrogens with one attached hydrogen (secondary N) is 2. The molecule has 1 aromatic heterocycles. The Balaban J connectivity index is 1.34. The van der Waals surface area contributed by atoms with E-state index in [0.717, 1.165) is 30.3 Å². The number of fused-ring (bicyclic) bond motifs is 1. The van der Waals surface area contributed by atoms with Gasteiger partial charge in [-0.1, -0.05) is 18.2 Å². The van der Waals surface area contributed by atoms with Gasteiger partial charge in [0.2, 0.25) is 0 Å². The number of nitrogens with zero attached hydrogens (tertiary/aromatic N) is 2. The minimum Gasteiger partial charge on any atom is -0.480 e. The number of amides is 1. The van der Waals surface area contributed by atoms with Crippen molar-refractivity contribution in [1.29, 1.82) is 0 Å². The monoisotopic (exact) mass is 342 g/mol. The van der Waals surface area contributed by atoms with E-state index < -0.39 is 5.97 Å². The lowest BCUT2D eigenvalue weighted by molar-refractivity contribution is -0.139. The normalized spacial score (nSPS) is 22.8. The van der Waals surface area contributed by atoms with Crippen LogP contribution in [-0.2, 0) is 4.79 Å². The Morgan fingerprint density at radius 3 is 2.76 bits per heavy atom. The number of carboxylic acid groups (broad SMARTS) is 1. The van der Waals surface area contributed by atoms with Crippen LogP contribution in [-0.4, -0.2) is 57.3 Å². The van der Waals surface area contributed by atoms with Gasteiger partial charge in [0.15, 0.2) is 5.69 Å². The fraction of sp³-hybridized carbons (Fsp3) is 0.500. The van der Waals surface area contributed by atoms with Crippen molar-refractivity contribution >= 4 is 22.8 Å². The number of aromatic amines is 1. The zero-order valence-electron chi connectivity index (χ0n) is 13.9. The third kappa shape index (κ3) is 3.51. The predicted octanol–water partition coefficient (Wildman–Crippen LogP) is 1.62. The van der Waals surface area contributed by atoms with Crippen molar-refractivity contribution in [2.45, 2.75) is 37.8 Å². The molecule has 0 saturated heterocycles. The highest BCUT2D eigenvalue weighted by Crippen LogP contribution is 2.33. The molecule has 2 aliphatic carbocycles. The highest BCUT2D eigenvalue weighted by atomic mass is 16.4. The summed E-state index contributed by atoms with van der Waals surface area (Å²) in [5.41, 5.74) is 1.26. The molecular formula is C18H22N4O3. The molecule has 2 fully saturated rings. The van der Waals surface area contributed by atoms with Crippen molar-refractivity contribution in [3.8, 4) is 0 Å². The molecule has 0 spiro atoms. The molecule has 132 valence electrons. The molecule has 3 N–H and O–H groups in total. The van der Waals surface area contributed by atoms with Gasteiger partial charge in [-0.25, -0.2) is 0 Å². The van der Waals surface area contributed by atoms with Gasteiger partial charge in [-0.2, -0.15) is 5.10 Å². The van der Waals surface area contributed by atoms with Crippen molar-refractivity contribution in [3.05, 3.63) is 30.0 Å². The molecule has 2 aliphatic rings. The van der Waals surface area contributed by atoms with Crippen LogP contribution in [0.15, 0.2) is 24.3 Å². The number of H-pyrrole nitrogens is 1. The first-order valence-electron chi connectivity index (χ1n) is 8.80. The second-order valence-electron chi connectivity index (χ2n) is 7.18. The second kappa shape index (κ2) is 6.48. The van der Waals surface area contributed by atoms with E-state index in [4.69, 9.17) is 5.11 Å². The molecule has 4 rings (SSSR count).